The van der Waals surface area contributed by atoms with Crippen molar-refractivity contribution in [3.63, 3.8) is 0 Å². The van der Waals surface area contributed by atoms with Crippen molar-refractivity contribution in [1.29, 1.82) is 0 Å². The van der Waals surface area contributed by atoms with Gasteiger partial charge in [-0.3, -0.25) is 9.89 Å². The zero-order chi connectivity index (χ0) is 25.8. The second-order valence-corrected chi connectivity index (χ2v) is 9.18. The molecule has 0 fully saturated rings. The van der Waals surface area contributed by atoms with E-state index >= 15 is 0 Å². The average Bonchev–Trinajstić information content (AvgIpc) is 3.37. The Morgan fingerprint density at radius 2 is 1.94 bits per heavy atom. The number of rotatable bonds is 11. The fourth-order valence-corrected chi connectivity index (χ4v) is 4.98. The van der Waals surface area contributed by atoms with Crippen LogP contribution in [0.3, 0.4) is 0 Å². The van der Waals surface area contributed by atoms with Crippen molar-refractivity contribution in [1.82, 2.24) is 15.1 Å². The molecule has 3 aromatic rings. The number of hydrogen-bond donors (Lipinski definition) is 2. The number of ether oxygens (including phenoxy) is 2. The van der Waals surface area contributed by atoms with Gasteiger partial charge in [0.25, 0.3) is 5.91 Å². The first-order valence-electron chi connectivity index (χ1n) is 12.6. The third-order valence-electron chi connectivity index (χ3n) is 6.50. The molecule has 2 N–H and O–H groups in total. The number of aromatic nitrogens is 2. The molecule has 1 aromatic heterocycles. The average molecular weight is 490 g/mol. The lowest BCUT2D eigenvalue weighted by molar-refractivity contribution is 0.0740. The quantitative estimate of drug-likeness (QED) is 0.251. The Morgan fingerprint density at radius 3 is 2.64 bits per heavy atom. The van der Waals surface area contributed by atoms with E-state index in [4.69, 9.17) is 9.47 Å². The maximum atomic E-state index is 13.6. The van der Waals surface area contributed by atoms with Crippen LogP contribution >= 0.6 is 0 Å². The predicted octanol–water partition coefficient (Wildman–Crippen LogP) is 6.10. The van der Waals surface area contributed by atoms with Crippen LogP contribution in [0.25, 0.3) is 11.3 Å². The Labute approximate surface area is 212 Å². The lowest BCUT2D eigenvalue weighted by atomic mass is 9.93. The molecule has 1 atom stereocenters. The molecule has 0 saturated heterocycles. The number of H-pyrrole nitrogens is 1. The zero-order valence-electron chi connectivity index (χ0n) is 21.6. The van der Waals surface area contributed by atoms with Gasteiger partial charge >= 0.3 is 0 Å². The number of aromatic amines is 1. The van der Waals surface area contributed by atoms with Crippen molar-refractivity contribution in [2.45, 2.75) is 53.0 Å². The zero-order valence-corrected chi connectivity index (χ0v) is 21.6. The predicted molar refractivity (Wildman–Crippen MR) is 141 cm³/mol. The van der Waals surface area contributed by atoms with Crippen molar-refractivity contribution >= 4 is 5.91 Å². The molecule has 0 spiro atoms. The van der Waals surface area contributed by atoms with Gasteiger partial charge in [-0.1, -0.05) is 44.6 Å². The number of hydrogen-bond acceptors (Lipinski definition) is 5. The molecule has 0 aliphatic carbocycles. The molecule has 0 bridgehead atoms. The maximum Gasteiger partial charge on any atom is 0.273 e. The molecule has 4 rings (SSSR count). The van der Waals surface area contributed by atoms with Crippen LogP contribution in [-0.2, 0) is 0 Å². The topological polar surface area (TPSA) is 87.7 Å². The van der Waals surface area contributed by atoms with Crippen molar-refractivity contribution in [3.8, 4) is 28.5 Å². The Bertz CT molecular complexity index is 1240. The molecule has 0 saturated carbocycles. The number of aryl methyl sites for hydroxylation is 2. The molecular weight excluding hydrogens is 454 g/mol. The molecule has 2 heterocycles. The van der Waals surface area contributed by atoms with E-state index in [0.717, 1.165) is 41.5 Å². The summed E-state index contributed by atoms with van der Waals surface area (Å²) in [6.07, 6.45) is 4.69. The van der Waals surface area contributed by atoms with Crippen molar-refractivity contribution < 1.29 is 19.4 Å². The number of carbonyl (C=O) groups excluding carboxylic acids is 1. The van der Waals surface area contributed by atoms with E-state index in [1.807, 2.05) is 49.9 Å². The van der Waals surface area contributed by atoms with Gasteiger partial charge < -0.3 is 19.5 Å². The minimum atomic E-state index is -0.370. The first-order chi connectivity index (χ1) is 17.4. The van der Waals surface area contributed by atoms with E-state index in [0.29, 0.717) is 48.2 Å². The van der Waals surface area contributed by atoms with Crippen molar-refractivity contribution in [2.75, 3.05) is 19.8 Å². The van der Waals surface area contributed by atoms with Crippen LogP contribution in [-0.4, -0.2) is 45.9 Å². The molecule has 7 nitrogen and oxygen atoms in total. The van der Waals surface area contributed by atoms with Crippen LogP contribution in [0.2, 0.25) is 0 Å². The van der Waals surface area contributed by atoms with Crippen LogP contribution in [0.15, 0.2) is 43.0 Å². The number of fused-ring (bicyclic) bond motifs is 1. The van der Waals surface area contributed by atoms with Gasteiger partial charge in [-0.05, 0) is 62.1 Å². The summed E-state index contributed by atoms with van der Waals surface area (Å²) in [5.41, 5.74) is 5.26. The SMILES string of the molecule is C=CCOc1ccc(C2c3c(-c4c(C)cc(C)cc4O)n[nH]c3C(=O)N2CCCCC)cc1OCC. The number of aromatic hydroxyl groups is 1. The molecule has 7 heteroatoms. The molecule has 1 aliphatic heterocycles. The molecule has 1 unspecified atom stereocenters. The number of nitrogens with one attached hydrogen (secondary N) is 1. The Kier molecular flexibility index (Phi) is 7.67. The standard InChI is InChI=1S/C29H35N3O4/c1-6-9-10-13-32-28(20-11-12-22(36-14-7-2)23(17-20)35-8-3)25-26(30-31-27(25)29(32)34)24-19(5)15-18(4)16-21(24)33/h7,11-12,15-17,28,33H,2,6,8-10,13-14H2,1,3-5H3,(H,30,31). The van der Waals surface area contributed by atoms with E-state index < -0.39 is 0 Å². The third kappa shape index (κ3) is 4.70. The van der Waals surface area contributed by atoms with Gasteiger partial charge in [0.15, 0.2) is 11.5 Å². The highest BCUT2D eigenvalue weighted by Crippen LogP contribution is 2.47. The van der Waals surface area contributed by atoms with Crippen molar-refractivity contribution in [3.05, 3.63) is 70.9 Å². The Hall–Kier alpha value is -3.74. The summed E-state index contributed by atoms with van der Waals surface area (Å²) in [4.78, 5) is 15.5. The van der Waals surface area contributed by atoms with Crippen LogP contribution in [0, 0.1) is 13.8 Å². The summed E-state index contributed by atoms with van der Waals surface area (Å²) in [5, 5.41) is 18.4. The van der Waals surface area contributed by atoms with Crippen LogP contribution < -0.4 is 9.47 Å². The number of carbonyl (C=O) groups is 1. The highest BCUT2D eigenvalue weighted by Gasteiger charge is 2.42. The van der Waals surface area contributed by atoms with E-state index in [1.165, 1.54) is 0 Å². The van der Waals surface area contributed by atoms with E-state index in [2.05, 4.69) is 23.7 Å². The molecule has 2 aromatic carbocycles. The fraction of sp³-hybridized carbons (Fsp3) is 0.379. The van der Waals surface area contributed by atoms with E-state index in [9.17, 15) is 9.90 Å². The fourth-order valence-electron chi connectivity index (χ4n) is 4.98. The monoisotopic (exact) mass is 489 g/mol. The third-order valence-corrected chi connectivity index (χ3v) is 6.50. The number of phenols is 1. The first-order valence-corrected chi connectivity index (χ1v) is 12.6. The highest BCUT2D eigenvalue weighted by molar-refractivity contribution is 6.00. The number of unbranched alkanes of at least 4 members (excludes halogenated alkanes) is 2. The summed E-state index contributed by atoms with van der Waals surface area (Å²) in [6, 6.07) is 9.17. The normalized spacial score (nSPS) is 14.7. The smallest absolute Gasteiger partial charge is 0.273 e. The molecule has 1 amide bonds. The number of benzene rings is 2. The Morgan fingerprint density at radius 1 is 1.14 bits per heavy atom. The molecule has 36 heavy (non-hydrogen) atoms. The molecular formula is C29H35N3O4. The minimum Gasteiger partial charge on any atom is -0.507 e. The summed E-state index contributed by atoms with van der Waals surface area (Å²) in [6.45, 7) is 13.2. The summed E-state index contributed by atoms with van der Waals surface area (Å²) in [7, 11) is 0. The second kappa shape index (κ2) is 10.9. The van der Waals surface area contributed by atoms with Crippen molar-refractivity contribution in [2.24, 2.45) is 0 Å². The van der Waals surface area contributed by atoms with Gasteiger partial charge in [-0.25, -0.2) is 0 Å². The van der Waals surface area contributed by atoms with Crippen LogP contribution in [0.5, 0.6) is 17.2 Å². The number of amides is 1. The molecule has 0 radical (unpaired) electrons. The lowest BCUT2D eigenvalue weighted by Gasteiger charge is -2.27. The first kappa shape index (κ1) is 25.4. The van der Waals surface area contributed by atoms with Gasteiger partial charge in [0.05, 0.1) is 12.6 Å². The van der Waals surface area contributed by atoms with E-state index in [1.54, 1.807) is 12.1 Å². The van der Waals surface area contributed by atoms with Gasteiger partial charge in [-0.15, -0.1) is 0 Å². The summed E-state index contributed by atoms with van der Waals surface area (Å²) < 4.78 is 11.7. The Balaban J connectivity index is 1.87. The summed E-state index contributed by atoms with van der Waals surface area (Å²) >= 11 is 0. The van der Waals surface area contributed by atoms with Gasteiger partial charge in [0.2, 0.25) is 0 Å². The molecule has 1 aliphatic rings. The lowest BCUT2D eigenvalue weighted by Crippen LogP contribution is -2.30. The maximum absolute atomic E-state index is 13.6. The number of nitrogens with zero attached hydrogens (tertiary/aromatic N) is 2. The van der Waals surface area contributed by atoms with E-state index in [-0.39, 0.29) is 17.7 Å². The van der Waals surface area contributed by atoms with Gasteiger partial charge in [0, 0.05) is 17.7 Å². The van der Waals surface area contributed by atoms with Crippen LogP contribution in [0.4, 0.5) is 0 Å². The second-order valence-electron chi connectivity index (χ2n) is 9.18. The van der Waals surface area contributed by atoms with Gasteiger partial charge in [0.1, 0.15) is 23.7 Å². The highest BCUT2D eigenvalue weighted by atomic mass is 16.5. The summed E-state index contributed by atoms with van der Waals surface area (Å²) in [5.74, 6) is 1.31. The van der Waals surface area contributed by atoms with Crippen LogP contribution in [0.1, 0.15) is 71.9 Å². The largest absolute Gasteiger partial charge is 0.507 e. The number of phenolic OH excluding ortho intramolecular Hbond substituents is 1. The molecule has 190 valence electrons. The van der Waals surface area contributed by atoms with Gasteiger partial charge in [-0.2, -0.15) is 5.10 Å². The minimum absolute atomic E-state index is 0.0842.